The average molecular weight is 470 g/mol. The summed E-state index contributed by atoms with van der Waals surface area (Å²) in [7, 11) is 0. The molecule has 0 N–H and O–H groups in total. The normalized spacial score (nSPS) is 9.80. The summed E-state index contributed by atoms with van der Waals surface area (Å²) in [4.78, 5) is 0. The molecule has 1 aromatic carbocycles. The zero-order valence-corrected chi connectivity index (χ0v) is 12.9. The van der Waals surface area contributed by atoms with Gasteiger partial charge in [-0.05, 0) is 6.42 Å². The second-order valence-corrected chi connectivity index (χ2v) is 3.99. The van der Waals surface area contributed by atoms with Crippen LogP contribution in [-0.2, 0) is 22.4 Å². The van der Waals surface area contributed by atoms with Crippen LogP contribution in [0.25, 0.3) is 0 Å². The van der Waals surface area contributed by atoms with Crippen molar-refractivity contribution < 1.29 is 44.7 Å². The van der Waals surface area contributed by atoms with Gasteiger partial charge in [0.1, 0.15) is 0 Å². The van der Waals surface area contributed by atoms with Gasteiger partial charge in [0, 0.05) is 0 Å². The van der Waals surface area contributed by atoms with Crippen molar-refractivity contribution in [2.45, 2.75) is 32.6 Å². The molecule has 0 fully saturated rings. The van der Waals surface area contributed by atoms with E-state index >= 15 is 0 Å². The van der Waals surface area contributed by atoms with E-state index in [1.54, 1.807) is 0 Å². The maximum atomic E-state index is 13.4. The van der Waals surface area contributed by atoms with E-state index in [2.05, 4.69) is 0 Å². The predicted octanol–water partition coefficient (Wildman–Crippen LogP) is 4.14. The first-order chi connectivity index (χ1) is 9.04. The Bertz CT molecular complexity index is 468. The minimum absolute atomic E-state index is 0. The van der Waals surface area contributed by atoms with Crippen molar-refractivity contribution in [2.24, 2.45) is 0 Å². The van der Waals surface area contributed by atoms with Crippen molar-refractivity contribution in [2.75, 3.05) is 6.61 Å². The molecule has 1 aromatic rings. The second-order valence-electron chi connectivity index (χ2n) is 3.99. The number of benzene rings is 1. The van der Waals surface area contributed by atoms with Crippen LogP contribution in [0.2, 0.25) is 0 Å². The average Bonchev–Trinajstić information content (AvgIpc) is 2.40. The summed E-state index contributed by atoms with van der Waals surface area (Å²) in [5, 5.41) is 0. The van der Waals surface area contributed by atoms with Gasteiger partial charge >= 0.3 is 22.4 Å². The van der Waals surface area contributed by atoms with Gasteiger partial charge in [-0.1, -0.05) is 31.7 Å². The van der Waals surface area contributed by atoms with Crippen LogP contribution >= 0.6 is 0 Å². The van der Waals surface area contributed by atoms with Gasteiger partial charge in [0.05, 0.1) is 18.2 Å². The third-order valence-electron chi connectivity index (χ3n) is 2.59. The molecule has 1 nitrogen and oxygen atoms in total. The Labute approximate surface area is 131 Å². The van der Waals surface area contributed by atoms with Crippen LogP contribution in [0.15, 0.2) is 0 Å². The topological polar surface area (TPSA) is 9.23 Å². The first-order valence-corrected chi connectivity index (χ1v) is 5.96. The van der Waals surface area contributed by atoms with Crippen molar-refractivity contribution in [1.82, 2.24) is 0 Å². The Morgan fingerprint density at radius 3 is 1.95 bits per heavy atom. The van der Waals surface area contributed by atoms with Crippen molar-refractivity contribution in [3.05, 3.63) is 35.3 Å². The molecule has 0 spiro atoms. The molecule has 0 heterocycles. The Kier molecular flexibility index (Phi) is 8.63. The summed E-state index contributed by atoms with van der Waals surface area (Å²) >= 11 is 0. The molecule has 20 heavy (non-hydrogen) atoms. The van der Waals surface area contributed by atoms with Crippen molar-refractivity contribution in [3.63, 3.8) is 0 Å². The molecule has 114 valence electrons. The van der Waals surface area contributed by atoms with Gasteiger partial charge in [0.2, 0.25) is 0 Å². The monoisotopic (exact) mass is 470 g/mol. The Hall–Kier alpha value is -0.960. The summed E-state index contributed by atoms with van der Waals surface area (Å²) in [5.74, 6) is -6.37. The van der Waals surface area contributed by atoms with Crippen LogP contribution in [0.3, 0.4) is 0 Å². The van der Waals surface area contributed by atoms with Crippen LogP contribution in [-0.4, -0.2) is 6.61 Å². The van der Waals surface area contributed by atoms with Gasteiger partial charge in [-0.3, -0.25) is 5.92 Å². The molecular formula is C14H13AuF4O. The summed E-state index contributed by atoms with van der Waals surface area (Å²) in [6.07, 6.45) is 9.86. The number of hydrogen-bond acceptors (Lipinski definition) is 1. The Morgan fingerprint density at radius 1 is 0.950 bits per heavy atom. The molecule has 0 aliphatic carbocycles. The van der Waals surface area contributed by atoms with E-state index in [4.69, 9.17) is 11.2 Å². The first kappa shape index (κ1) is 19.0. The molecule has 0 aliphatic rings. The van der Waals surface area contributed by atoms with E-state index in [9.17, 15) is 17.6 Å². The molecule has 0 amide bonds. The van der Waals surface area contributed by atoms with Crippen LogP contribution < -0.4 is 4.74 Å². The summed E-state index contributed by atoms with van der Waals surface area (Å²) < 4.78 is 58.2. The SMILES string of the molecule is [Au+].[C-]#Cc1c(F)c(F)c(OCCCCCC)c(F)c1F. The fourth-order valence-corrected chi connectivity index (χ4v) is 1.55. The van der Waals surface area contributed by atoms with E-state index in [-0.39, 0.29) is 29.0 Å². The molecule has 0 saturated carbocycles. The van der Waals surface area contributed by atoms with Crippen LogP contribution in [0.4, 0.5) is 17.6 Å². The molecule has 0 unspecified atom stereocenters. The van der Waals surface area contributed by atoms with E-state index in [1.165, 1.54) is 5.92 Å². The number of halogens is 4. The minimum Gasteiger partial charge on any atom is -0.488 e. The third-order valence-corrected chi connectivity index (χ3v) is 2.59. The Balaban J connectivity index is 0.00000361. The quantitative estimate of drug-likeness (QED) is 0.152. The summed E-state index contributed by atoms with van der Waals surface area (Å²) in [6, 6.07) is 0. The van der Waals surface area contributed by atoms with Gasteiger partial charge in [-0.15, -0.1) is 0 Å². The summed E-state index contributed by atoms with van der Waals surface area (Å²) in [5.41, 5.74) is -1.17. The van der Waals surface area contributed by atoms with Gasteiger partial charge in [-0.25, -0.2) is 17.6 Å². The maximum Gasteiger partial charge on any atom is 1.00 e. The minimum atomic E-state index is -1.67. The van der Waals surface area contributed by atoms with Gasteiger partial charge < -0.3 is 11.2 Å². The van der Waals surface area contributed by atoms with E-state index in [0.717, 1.165) is 19.3 Å². The van der Waals surface area contributed by atoms with Crippen LogP contribution in [0.1, 0.15) is 38.2 Å². The van der Waals surface area contributed by atoms with Crippen molar-refractivity contribution in [1.29, 1.82) is 0 Å². The van der Waals surface area contributed by atoms with Crippen LogP contribution in [0, 0.1) is 35.6 Å². The predicted molar refractivity (Wildman–Crippen MR) is 62.1 cm³/mol. The number of ether oxygens (including phenoxy) is 1. The standard InChI is InChI=1S/C14H13F4O.Au/c1-3-5-6-7-8-19-14-12(17)10(15)9(4-2)11(16)13(14)18;/h3,5-8H2,1H3;/q-1;+1. The fraction of sp³-hybridized carbons (Fsp3) is 0.429. The van der Waals surface area contributed by atoms with Crippen LogP contribution in [0.5, 0.6) is 5.75 Å². The van der Waals surface area contributed by atoms with E-state index in [0.29, 0.717) is 6.42 Å². The molecule has 6 heteroatoms. The van der Waals surface area contributed by atoms with E-state index < -0.39 is 34.6 Å². The largest absolute Gasteiger partial charge is 1.00 e. The molecular weight excluding hydrogens is 457 g/mol. The third kappa shape index (κ3) is 4.27. The molecule has 1 rings (SSSR count). The first-order valence-electron chi connectivity index (χ1n) is 5.96. The molecule has 0 saturated heterocycles. The zero-order chi connectivity index (χ0) is 14.4. The van der Waals surface area contributed by atoms with Crippen molar-refractivity contribution in [3.8, 4) is 11.7 Å². The van der Waals surface area contributed by atoms with Gasteiger partial charge in [0.25, 0.3) is 0 Å². The number of hydrogen-bond donors (Lipinski definition) is 0. The molecule has 0 aliphatic heterocycles. The summed E-state index contributed by atoms with van der Waals surface area (Å²) in [6.45, 7) is 1.97. The number of rotatable bonds is 6. The molecule has 0 radical (unpaired) electrons. The number of unbranched alkanes of at least 4 members (excludes halogenated alkanes) is 3. The Morgan fingerprint density at radius 2 is 1.50 bits per heavy atom. The maximum absolute atomic E-state index is 13.4. The van der Waals surface area contributed by atoms with Gasteiger partial charge in [0.15, 0.2) is 17.4 Å². The molecule has 0 aromatic heterocycles. The molecule has 0 atom stereocenters. The van der Waals surface area contributed by atoms with E-state index in [1.807, 2.05) is 6.92 Å². The fourth-order valence-electron chi connectivity index (χ4n) is 1.55. The smallest absolute Gasteiger partial charge is 0.488 e. The van der Waals surface area contributed by atoms with Gasteiger partial charge in [-0.2, -0.15) is 0 Å². The van der Waals surface area contributed by atoms with Crippen molar-refractivity contribution >= 4 is 0 Å². The second kappa shape index (κ2) is 9.06. The zero-order valence-electron chi connectivity index (χ0n) is 10.8. The molecule has 0 bridgehead atoms.